The molecule has 0 saturated heterocycles. The van der Waals surface area contributed by atoms with E-state index in [4.69, 9.17) is 0 Å². The second kappa shape index (κ2) is 4.24. The molecule has 0 radical (unpaired) electrons. The monoisotopic (exact) mass is 173 g/mol. The molecule has 0 spiro atoms. The zero-order valence-corrected chi connectivity index (χ0v) is 9.26. The molecule has 1 N–H and O–H groups in total. The molecule has 0 rings (SSSR count). The minimum absolute atomic E-state index is 0.137. The third-order valence-electron chi connectivity index (χ3n) is 2.51. The summed E-state index contributed by atoms with van der Waals surface area (Å²) in [4.78, 5) is 2.23. The quantitative estimate of drug-likeness (QED) is 0.702. The summed E-state index contributed by atoms with van der Waals surface area (Å²) in [7, 11) is 2.07. The number of hydrogen-bond acceptors (Lipinski definition) is 2. The van der Waals surface area contributed by atoms with Crippen molar-refractivity contribution >= 4 is 0 Å². The van der Waals surface area contributed by atoms with Gasteiger partial charge in [-0.3, -0.25) is 4.90 Å². The normalized spacial score (nSPS) is 15.8. The first-order chi connectivity index (χ1) is 5.30. The van der Waals surface area contributed by atoms with E-state index < -0.39 is 0 Å². The van der Waals surface area contributed by atoms with Crippen molar-refractivity contribution in [2.24, 2.45) is 5.92 Å². The number of nitrogens with zero attached hydrogens (tertiary/aromatic N) is 1. The first kappa shape index (κ1) is 11.9. The van der Waals surface area contributed by atoms with Crippen molar-refractivity contribution in [1.29, 1.82) is 0 Å². The van der Waals surface area contributed by atoms with Gasteiger partial charge in [0.25, 0.3) is 0 Å². The van der Waals surface area contributed by atoms with Crippen molar-refractivity contribution < 1.29 is 5.11 Å². The average molecular weight is 173 g/mol. The second-order valence-corrected chi connectivity index (χ2v) is 4.78. The van der Waals surface area contributed by atoms with Gasteiger partial charge in [-0.1, -0.05) is 13.8 Å². The Morgan fingerprint density at radius 3 is 1.75 bits per heavy atom. The zero-order chi connectivity index (χ0) is 9.94. The molecule has 0 saturated carbocycles. The summed E-state index contributed by atoms with van der Waals surface area (Å²) in [5, 5.41) is 9.19. The van der Waals surface area contributed by atoms with E-state index in [2.05, 4.69) is 46.6 Å². The van der Waals surface area contributed by atoms with E-state index in [-0.39, 0.29) is 18.2 Å². The maximum Gasteiger partial charge on any atom is 0.0589 e. The lowest BCUT2D eigenvalue weighted by Gasteiger charge is -2.39. The van der Waals surface area contributed by atoms with Crippen LogP contribution < -0.4 is 0 Å². The van der Waals surface area contributed by atoms with E-state index in [9.17, 15) is 5.11 Å². The Kier molecular flexibility index (Phi) is 4.21. The van der Waals surface area contributed by atoms with Crippen LogP contribution in [0.3, 0.4) is 0 Å². The van der Waals surface area contributed by atoms with E-state index in [1.807, 2.05) is 0 Å². The Bertz CT molecular complexity index is 126. The van der Waals surface area contributed by atoms with E-state index in [0.29, 0.717) is 5.92 Å². The molecular formula is C10H23NO. The summed E-state index contributed by atoms with van der Waals surface area (Å²) in [5.74, 6) is 0.499. The summed E-state index contributed by atoms with van der Waals surface area (Å²) in [6, 6.07) is 0.269. The number of hydrogen-bond donors (Lipinski definition) is 1. The molecule has 12 heavy (non-hydrogen) atoms. The third-order valence-corrected chi connectivity index (χ3v) is 2.51. The van der Waals surface area contributed by atoms with Crippen LogP contribution in [-0.4, -0.2) is 35.2 Å². The predicted octanol–water partition coefficient (Wildman–Crippen LogP) is 1.73. The van der Waals surface area contributed by atoms with Gasteiger partial charge in [0.05, 0.1) is 6.61 Å². The van der Waals surface area contributed by atoms with Crippen LogP contribution in [0.1, 0.15) is 34.6 Å². The van der Waals surface area contributed by atoms with Crippen LogP contribution in [0.2, 0.25) is 0 Å². The van der Waals surface area contributed by atoms with Crippen LogP contribution in [0, 0.1) is 5.92 Å². The van der Waals surface area contributed by atoms with E-state index in [0.717, 1.165) is 0 Å². The van der Waals surface area contributed by atoms with Crippen LogP contribution in [0.4, 0.5) is 0 Å². The van der Waals surface area contributed by atoms with E-state index >= 15 is 0 Å². The first-order valence-electron chi connectivity index (χ1n) is 4.64. The molecule has 2 nitrogen and oxygen atoms in total. The molecule has 74 valence electrons. The number of aliphatic hydroxyl groups excluding tert-OH is 1. The third kappa shape index (κ3) is 3.11. The standard InChI is InChI=1S/C10H23NO/c1-8(2)9(7-12)11(6)10(3,4)5/h8-9,12H,7H2,1-6H3/t9-/m0/s1. The molecule has 0 fully saturated rings. The maximum atomic E-state index is 9.19. The van der Waals surface area contributed by atoms with Crippen molar-refractivity contribution in [3.63, 3.8) is 0 Å². The maximum absolute atomic E-state index is 9.19. The molecule has 0 aromatic rings. The lowest BCUT2D eigenvalue weighted by atomic mass is 9.97. The fraction of sp³-hybridized carbons (Fsp3) is 1.00. The van der Waals surface area contributed by atoms with Gasteiger partial charge in [0.15, 0.2) is 0 Å². The highest BCUT2D eigenvalue weighted by molar-refractivity contribution is 4.81. The minimum Gasteiger partial charge on any atom is -0.395 e. The van der Waals surface area contributed by atoms with Gasteiger partial charge < -0.3 is 5.11 Å². The topological polar surface area (TPSA) is 23.5 Å². The fourth-order valence-electron chi connectivity index (χ4n) is 1.28. The molecule has 2 heteroatoms. The van der Waals surface area contributed by atoms with Crippen molar-refractivity contribution in [2.75, 3.05) is 13.7 Å². The van der Waals surface area contributed by atoms with Crippen molar-refractivity contribution in [2.45, 2.75) is 46.2 Å². The summed E-state index contributed by atoms with van der Waals surface area (Å²) in [6.45, 7) is 11.0. The van der Waals surface area contributed by atoms with Gasteiger partial charge >= 0.3 is 0 Å². The Balaban J connectivity index is 4.32. The second-order valence-electron chi connectivity index (χ2n) is 4.78. The van der Waals surface area contributed by atoms with E-state index in [1.54, 1.807) is 0 Å². The highest BCUT2D eigenvalue weighted by atomic mass is 16.3. The Hall–Kier alpha value is -0.0800. The molecular weight excluding hydrogens is 150 g/mol. The van der Waals surface area contributed by atoms with Crippen LogP contribution in [0.25, 0.3) is 0 Å². The van der Waals surface area contributed by atoms with Crippen LogP contribution in [-0.2, 0) is 0 Å². The van der Waals surface area contributed by atoms with Gasteiger partial charge in [0.1, 0.15) is 0 Å². The molecule has 0 aliphatic rings. The number of likely N-dealkylation sites (N-methyl/N-ethyl adjacent to an activating group) is 1. The molecule has 0 amide bonds. The largest absolute Gasteiger partial charge is 0.395 e. The smallest absolute Gasteiger partial charge is 0.0589 e. The molecule has 0 aliphatic heterocycles. The van der Waals surface area contributed by atoms with Gasteiger partial charge in [0, 0.05) is 11.6 Å². The fourth-order valence-corrected chi connectivity index (χ4v) is 1.28. The molecule has 0 heterocycles. The highest BCUT2D eigenvalue weighted by Crippen LogP contribution is 2.18. The van der Waals surface area contributed by atoms with Crippen LogP contribution >= 0.6 is 0 Å². The summed E-state index contributed by atoms with van der Waals surface area (Å²) in [5.41, 5.74) is 0.137. The predicted molar refractivity (Wildman–Crippen MR) is 53.2 cm³/mol. The Morgan fingerprint density at radius 1 is 1.25 bits per heavy atom. The minimum atomic E-state index is 0.137. The van der Waals surface area contributed by atoms with Crippen molar-refractivity contribution in [3.05, 3.63) is 0 Å². The number of aliphatic hydroxyl groups is 1. The molecule has 0 bridgehead atoms. The average Bonchev–Trinajstić information content (AvgIpc) is 1.86. The van der Waals surface area contributed by atoms with Crippen LogP contribution in [0.5, 0.6) is 0 Å². The number of rotatable bonds is 3. The first-order valence-corrected chi connectivity index (χ1v) is 4.64. The summed E-state index contributed by atoms with van der Waals surface area (Å²) < 4.78 is 0. The van der Waals surface area contributed by atoms with Crippen LogP contribution in [0.15, 0.2) is 0 Å². The lowest BCUT2D eigenvalue weighted by Crippen LogP contribution is -2.49. The van der Waals surface area contributed by atoms with Gasteiger partial charge in [-0.25, -0.2) is 0 Å². The van der Waals surface area contributed by atoms with Gasteiger partial charge in [-0.05, 0) is 33.7 Å². The summed E-state index contributed by atoms with van der Waals surface area (Å²) in [6.07, 6.45) is 0. The molecule has 0 aromatic heterocycles. The summed E-state index contributed by atoms with van der Waals surface area (Å²) >= 11 is 0. The van der Waals surface area contributed by atoms with Crippen molar-refractivity contribution in [1.82, 2.24) is 4.90 Å². The molecule has 1 atom stereocenters. The lowest BCUT2D eigenvalue weighted by molar-refractivity contribution is 0.0464. The SMILES string of the molecule is CC(C)[C@H](CO)N(C)C(C)(C)C. The Morgan fingerprint density at radius 2 is 1.67 bits per heavy atom. The molecule has 0 aromatic carbocycles. The van der Waals surface area contributed by atoms with Gasteiger partial charge in [-0.15, -0.1) is 0 Å². The van der Waals surface area contributed by atoms with Crippen molar-refractivity contribution in [3.8, 4) is 0 Å². The Labute approximate surface area is 76.6 Å². The van der Waals surface area contributed by atoms with Gasteiger partial charge in [0.2, 0.25) is 0 Å². The van der Waals surface area contributed by atoms with Gasteiger partial charge in [-0.2, -0.15) is 0 Å². The molecule has 0 aliphatic carbocycles. The highest BCUT2D eigenvalue weighted by Gasteiger charge is 2.26. The molecule has 0 unspecified atom stereocenters. The zero-order valence-electron chi connectivity index (χ0n) is 9.26. The van der Waals surface area contributed by atoms with E-state index in [1.165, 1.54) is 0 Å².